The van der Waals surface area contributed by atoms with Crippen molar-refractivity contribution >= 4 is 16.7 Å². The van der Waals surface area contributed by atoms with Crippen LogP contribution in [0.1, 0.15) is 5.56 Å². The Morgan fingerprint density at radius 2 is 1.69 bits per heavy atom. The van der Waals surface area contributed by atoms with Gasteiger partial charge in [0.1, 0.15) is 12.4 Å². The average Bonchev–Trinajstić information content (AvgIpc) is 3.12. The van der Waals surface area contributed by atoms with Gasteiger partial charge >= 0.3 is 12.0 Å². The SMILES string of the molecule is FC(F)(Oc1ccc2ccccc2c1)C1=NC(Cc2ccccc2)CO1. The van der Waals surface area contributed by atoms with Crippen LogP contribution < -0.4 is 4.74 Å². The molecule has 3 aromatic rings. The van der Waals surface area contributed by atoms with E-state index in [0.717, 1.165) is 16.3 Å². The Balaban J connectivity index is 1.49. The molecule has 1 atom stereocenters. The summed E-state index contributed by atoms with van der Waals surface area (Å²) < 4.78 is 38.9. The summed E-state index contributed by atoms with van der Waals surface area (Å²) >= 11 is 0. The number of aliphatic imine (C=N–C) groups is 1. The Bertz CT molecular complexity index is 941. The Morgan fingerprint density at radius 3 is 2.50 bits per heavy atom. The smallest absolute Gasteiger partial charge is 0.472 e. The van der Waals surface area contributed by atoms with Crippen molar-refractivity contribution in [3.05, 3.63) is 78.4 Å². The van der Waals surface area contributed by atoms with E-state index < -0.39 is 12.0 Å². The second-order valence-electron chi connectivity index (χ2n) is 6.22. The lowest BCUT2D eigenvalue weighted by atomic mass is 10.1. The summed E-state index contributed by atoms with van der Waals surface area (Å²) in [5, 5.41) is 1.79. The van der Waals surface area contributed by atoms with Crippen molar-refractivity contribution in [1.82, 2.24) is 0 Å². The minimum atomic E-state index is -3.60. The molecule has 1 aliphatic rings. The van der Waals surface area contributed by atoms with Gasteiger partial charge in [-0.2, -0.15) is 8.78 Å². The summed E-state index contributed by atoms with van der Waals surface area (Å²) in [6.45, 7) is 0.126. The van der Waals surface area contributed by atoms with E-state index in [9.17, 15) is 8.78 Å². The molecule has 0 saturated heterocycles. The molecule has 3 aromatic carbocycles. The maximum absolute atomic E-state index is 14.4. The highest BCUT2D eigenvalue weighted by Gasteiger charge is 2.45. The number of halogens is 2. The van der Waals surface area contributed by atoms with Crippen LogP contribution in [-0.2, 0) is 11.2 Å². The molecule has 1 aliphatic heterocycles. The first-order valence-electron chi connectivity index (χ1n) is 8.41. The van der Waals surface area contributed by atoms with Crippen LogP contribution in [0.15, 0.2) is 77.8 Å². The van der Waals surface area contributed by atoms with Gasteiger partial charge in [-0.1, -0.05) is 60.7 Å². The van der Waals surface area contributed by atoms with Gasteiger partial charge in [0, 0.05) is 0 Å². The van der Waals surface area contributed by atoms with Gasteiger partial charge in [-0.25, -0.2) is 4.99 Å². The molecule has 0 saturated carbocycles. The van der Waals surface area contributed by atoms with Gasteiger partial charge in [-0.15, -0.1) is 0 Å². The minimum absolute atomic E-state index is 0.0755. The van der Waals surface area contributed by atoms with Crippen molar-refractivity contribution < 1.29 is 18.3 Å². The van der Waals surface area contributed by atoms with E-state index in [1.165, 1.54) is 6.07 Å². The Labute approximate surface area is 149 Å². The highest BCUT2D eigenvalue weighted by atomic mass is 19.3. The van der Waals surface area contributed by atoms with Crippen molar-refractivity contribution in [2.45, 2.75) is 18.6 Å². The summed E-state index contributed by atoms with van der Waals surface area (Å²) in [7, 11) is 0. The Kier molecular flexibility index (Phi) is 4.29. The van der Waals surface area contributed by atoms with Gasteiger partial charge in [-0.05, 0) is 34.9 Å². The number of ether oxygens (including phenoxy) is 2. The van der Waals surface area contributed by atoms with Crippen LogP contribution in [0, 0.1) is 0 Å². The highest BCUT2D eigenvalue weighted by Crippen LogP contribution is 2.29. The van der Waals surface area contributed by atoms with E-state index in [4.69, 9.17) is 9.47 Å². The van der Waals surface area contributed by atoms with E-state index in [1.807, 2.05) is 54.6 Å². The van der Waals surface area contributed by atoms with Gasteiger partial charge in [0.2, 0.25) is 0 Å². The lowest BCUT2D eigenvalue weighted by molar-refractivity contribution is -0.125. The van der Waals surface area contributed by atoms with Gasteiger partial charge in [0.15, 0.2) is 0 Å². The minimum Gasteiger partial charge on any atom is -0.472 e. The summed E-state index contributed by atoms with van der Waals surface area (Å²) in [6.07, 6.45) is -3.05. The summed E-state index contributed by atoms with van der Waals surface area (Å²) in [6, 6.07) is 21.6. The number of alkyl halides is 2. The number of rotatable bonds is 5. The fourth-order valence-electron chi connectivity index (χ4n) is 2.99. The van der Waals surface area contributed by atoms with Crippen LogP contribution in [-0.4, -0.2) is 24.7 Å². The predicted molar refractivity (Wildman–Crippen MR) is 96.8 cm³/mol. The topological polar surface area (TPSA) is 30.8 Å². The van der Waals surface area contributed by atoms with Gasteiger partial charge in [0.05, 0.1) is 6.04 Å². The van der Waals surface area contributed by atoms with Crippen LogP contribution in [0.4, 0.5) is 8.78 Å². The molecule has 0 aromatic heterocycles. The zero-order chi connectivity index (χ0) is 18.0. The molecule has 3 nitrogen and oxygen atoms in total. The first-order valence-corrected chi connectivity index (χ1v) is 8.41. The highest BCUT2D eigenvalue weighted by molar-refractivity contribution is 5.85. The van der Waals surface area contributed by atoms with Crippen LogP contribution in [0.5, 0.6) is 5.75 Å². The number of hydrogen-bond acceptors (Lipinski definition) is 3. The summed E-state index contributed by atoms with van der Waals surface area (Å²) in [5.41, 5.74) is 1.03. The second-order valence-corrected chi connectivity index (χ2v) is 6.22. The van der Waals surface area contributed by atoms with Crippen molar-refractivity contribution in [1.29, 1.82) is 0 Å². The van der Waals surface area contributed by atoms with E-state index in [-0.39, 0.29) is 18.4 Å². The van der Waals surface area contributed by atoms with Crippen molar-refractivity contribution in [3.63, 3.8) is 0 Å². The normalized spacial score (nSPS) is 17.0. The average molecular weight is 353 g/mol. The van der Waals surface area contributed by atoms with E-state index in [1.54, 1.807) is 12.1 Å². The third-order valence-electron chi connectivity index (χ3n) is 4.24. The fraction of sp³-hybridized carbons (Fsp3) is 0.190. The van der Waals surface area contributed by atoms with Crippen LogP contribution in [0.2, 0.25) is 0 Å². The van der Waals surface area contributed by atoms with Crippen molar-refractivity contribution in [2.75, 3.05) is 6.61 Å². The summed E-state index contributed by atoms with van der Waals surface area (Å²) in [4.78, 5) is 4.03. The van der Waals surface area contributed by atoms with Crippen molar-refractivity contribution in [2.24, 2.45) is 4.99 Å². The van der Waals surface area contributed by atoms with Gasteiger partial charge < -0.3 is 9.47 Å². The number of nitrogens with zero attached hydrogens (tertiary/aromatic N) is 1. The lowest BCUT2D eigenvalue weighted by Gasteiger charge is -2.17. The standard InChI is InChI=1S/C21H17F2NO2/c22-21(23,26-19-11-10-16-8-4-5-9-17(16)13-19)20-24-18(14-25-20)12-15-6-2-1-3-7-15/h1-11,13,18H,12,14H2. The monoisotopic (exact) mass is 353 g/mol. The molecule has 4 rings (SSSR count). The molecule has 1 unspecified atom stereocenters. The molecular formula is C21H17F2NO2. The predicted octanol–water partition coefficient (Wildman–Crippen LogP) is 4.85. The maximum atomic E-state index is 14.4. The van der Waals surface area contributed by atoms with Gasteiger partial charge in [0.25, 0.3) is 0 Å². The molecule has 0 amide bonds. The zero-order valence-electron chi connectivity index (χ0n) is 13.9. The molecule has 0 radical (unpaired) electrons. The van der Waals surface area contributed by atoms with E-state index in [0.29, 0.717) is 6.42 Å². The second kappa shape index (κ2) is 6.75. The quantitative estimate of drug-likeness (QED) is 0.656. The lowest BCUT2D eigenvalue weighted by Crippen LogP contribution is -2.35. The molecule has 0 aliphatic carbocycles. The third-order valence-corrected chi connectivity index (χ3v) is 4.24. The molecule has 26 heavy (non-hydrogen) atoms. The molecule has 1 heterocycles. The molecule has 0 N–H and O–H groups in total. The number of hydrogen-bond donors (Lipinski definition) is 0. The number of benzene rings is 3. The fourth-order valence-corrected chi connectivity index (χ4v) is 2.99. The van der Waals surface area contributed by atoms with Crippen LogP contribution in [0.3, 0.4) is 0 Å². The molecular weight excluding hydrogens is 336 g/mol. The van der Waals surface area contributed by atoms with Crippen molar-refractivity contribution in [3.8, 4) is 5.75 Å². The third kappa shape index (κ3) is 3.52. The van der Waals surface area contributed by atoms with E-state index >= 15 is 0 Å². The van der Waals surface area contributed by atoms with Gasteiger partial charge in [-0.3, -0.25) is 0 Å². The van der Waals surface area contributed by atoms with Crippen LogP contribution in [0.25, 0.3) is 10.8 Å². The molecule has 0 fully saturated rings. The summed E-state index contributed by atoms with van der Waals surface area (Å²) in [5.74, 6) is -0.585. The first-order chi connectivity index (χ1) is 12.6. The number of fused-ring (bicyclic) bond motifs is 1. The molecule has 0 bridgehead atoms. The molecule has 5 heteroatoms. The maximum Gasteiger partial charge on any atom is 0.479 e. The Hall–Kier alpha value is -2.95. The van der Waals surface area contributed by atoms with E-state index in [2.05, 4.69) is 4.99 Å². The van der Waals surface area contributed by atoms with Crippen LogP contribution >= 0.6 is 0 Å². The Morgan fingerprint density at radius 1 is 0.962 bits per heavy atom. The molecule has 0 spiro atoms. The zero-order valence-corrected chi connectivity index (χ0v) is 13.9. The first kappa shape index (κ1) is 16.5. The molecule has 132 valence electrons. The largest absolute Gasteiger partial charge is 0.479 e.